The summed E-state index contributed by atoms with van der Waals surface area (Å²) in [5, 5.41) is 13.6. The minimum Gasteiger partial charge on any atom is -0.266 e. The number of hydrogen-bond acceptors (Lipinski definition) is 3. The van der Waals surface area contributed by atoms with Crippen LogP contribution in [-0.2, 0) is 12.5 Å². The highest BCUT2D eigenvalue weighted by molar-refractivity contribution is 5.40. The zero-order chi connectivity index (χ0) is 13.9. The van der Waals surface area contributed by atoms with Crippen LogP contribution < -0.4 is 5.56 Å². The second-order valence-electron chi connectivity index (χ2n) is 7.17. The molecule has 0 aliphatic heterocycles. The molecule has 4 saturated carbocycles. The van der Waals surface area contributed by atoms with E-state index in [2.05, 4.69) is 11.2 Å². The summed E-state index contributed by atoms with van der Waals surface area (Å²) < 4.78 is 1.28. The Hall–Kier alpha value is -1.63. The van der Waals surface area contributed by atoms with Gasteiger partial charge < -0.3 is 0 Å². The third-order valence-corrected chi connectivity index (χ3v) is 5.86. The molecular weight excluding hydrogens is 250 g/mol. The van der Waals surface area contributed by atoms with Crippen LogP contribution in [0.1, 0.15) is 49.7 Å². The number of aryl methyl sites for hydroxylation is 1. The van der Waals surface area contributed by atoms with Crippen molar-refractivity contribution in [3.63, 3.8) is 0 Å². The lowest BCUT2D eigenvalue weighted by Crippen LogP contribution is -2.49. The van der Waals surface area contributed by atoms with E-state index in [1.807, 2.05) is 0 Å². The van der Waals surface area contributed by atoms with Crippen molar-refractivity contribution in [2.24, 2.45) is 24.8 Å². The Morgan fingerprint density at radius 3 is 2.30 bits per heavy atom. The molecule has 0 N–H and O–H groups in total. The predicted molar refractivity (Wildman–Crippen MR) is 74.0 cm³/mol. The predicted octanol–water partition coefficient (Wildman–Crippen LogP) is 2.12. The van der Waals surface area contributed by atoms with Gasteiger partial charge in [-0.25, -0.2) is 4.68 Å². The van der Waals surface area contributed by atoms with Crippen LogP contribution in [0, 0.1) is 29.1 Å². The van der Waals surface area contributed by atoms with E-state index in [0.29, 0.717) is 5.56 Å². The summed E-state index contributed by atoms with van der Waals surface area (Å²) in [6.07, 6.45) is 9.35. The van der Waals surface area contributed by atoms with E-state index in [0.717, 1.165) is 42.6 Å². The zero-order valence-electron chi connectivity index (χ0n) is 11.8. The maximum absolute atomic E-state index is 12.2. The Labute approximate surface area is 118 Å². The first-order valence-electron chi connectivity index (χ1n) is 7.58. The average molecular weight is 269 g/mol. The number of nitriles is 1. The molecular formula is C16H19N3O. The molecule has 0 unspecified atom stereocenters. The minimum atomic E-state index is -0.235. The van der Waals surface area contributed by atoms with Crippen LogP contribution in [0.2, 0.25) is 0 Å². The average Bonchev–Trinajstić information content (AvgIpc) is 2.40. The first kappa shape index (κ1) is 12.1. The standard InChI is InChI=1S/C16H19N3O/c1-19-15(20)13(8-17)14(9-18-19)16-5-10-2-11(6-16)4-12(3-10)7-16/h9-12H,2-7H2,1H3. The molecule has 4 bridgehead atoms. The van der Waals surface area contributed by atoms with Gasteiger partial charge in [0, 0.05) is 12.6 Å². The molecule has 4 nitrogen and oxygen atoms in total. The van der Waals surface area contributed by atoms with Crippen LogP contribution in [0.5, 0.6) is 0 Å². The lowest BCUT2D eigenvalue weighted by atomic mass is 9.48. The summed E-state index contributed by atoms with van der Waals surface area (Å²) >= 11 is 0. The fourth-order valence-electron chi connectivity index (χ4n) is 5.49. The molecule has 0 amide bonds. The zero-order valence-corrected chi connectivity index (χ0v) is 11.8. The van der Waals surface area contributed by atoms with Crippen molar-refractivity contribution in [2.45, 2.75) is 43.9 Å². The van der Waals surface area contributed by atoms with Crippen molar-refractivity contribution in [3.05, 3.63) is 27.7 Å². The summed E-state index contributed by atoms with van der Waals surface area (Å²) in [5.74, 6) is 2.41. The van der Waals surface area contributed by atoms with Gasteiger partial charge in [0.15, 0.2) is 0 Å². The lowest BCUT2D eigenvalue weighted by Gasteiger charge is -2.57. The fourth-order valence-corrected chi connectivity index (χ4v) is 5.49. The van der Waals surface area contributed by atoms with E-state index >= 15 is 0 Å². The van der Waals surface area contributed by atoms with Gasteiger partial charge in [-0.15, -0.1) is 0 Å². The molecule has 4 aliphatic rings. The number of aromatic nitrogens is 2. The van der Waals surface area contributed by atoms with Gasteiger partial charge in [0.2, 0.25) is 0 Å². The van der Waals surface area contributed by atoms with Gasteiger partial charge in [0.05, 0.1) is 6.20 Å². The number of hydrogen-bond donors (Lipinski definition) is 0. The van der Waals surface area contributed by atoms with Crippen LogP contribution >= 0.6 is 0 Å². The molecule has 0 radical (unpaired) electrons. The van der Waals surface area contributed by atoms with Crippen LogP contribution in [0.3, 0.4) is 0 Å². The van der Waals surface area contributed by atoms with Crippen molar-refractivity contribution in [1.82, 2.24) is 9.78 Å². The van der Waals surface area contributed by atoms with E-state index in [9.17, 15) is 10.1 Å². The minimum absolute atomic E-state index is 0.0697. The van der Waals surface area contributed by atoms with Crippen molar-refractivity contribution in [1.29, 1.82) is 5.26 Å². The molecule has 0 atom stereocenters. The highest BCUT2D eigenvalue weighted by Crippen LogP contribution is 2.60. The molecule has 4 aliphatic carbocycles. The molecule has 1 aromatic rings. The van der Waals surface area contributed by atoms with Crippen LogP contribution in [0.25, 0.3) is 0 Å². The summed E-state index contributed by atoms with van der Waals surface area (Å²) in [6, 6.07) is 2.16. The Morgan fingerprint density at radius 1 is 1.25 bits per heavy atom. The molecule has 20 heavy (non-hydrogen) atoms. The third kappa shape index (κ3) is 1.52. The van der Waals surface area contributed by atoms with Gasteiger partial charge in [-0.1, -0.05) is 0 Å². The molecule has 104 valence electrons. The largest absolute Gasteiger partial charge is 0.284 e. The highest BCUT2D eigenvalue weighted by Gasteiger charge is 2.52. The molecule has 0 spiro atoms. The first-order chi connectivity index (χ1) is 9.61. The van der Waals surface area contributed by atoms with Crippen molar-refractivity contribution >= 4 is 0 Å². The van der Waals surface area contributed by atoms with Gasteiger partial charge in [-0.3, -0.25) is 4.79 Å². The first-order valence-corrected chi connectivity index (χ1v) is 7.58. The Balaban J connectivity index is 1.88. The molecule has 1 heterocycles. The van der Waals surface area contributed by atoms with Gasteiger partial charge in [0.1, 0.15) is 11.6 Å². The molecule has 4 heteroatoms. The van der Waals surface area contributed by atoms with Crippen molar-refractivity contribution in [2.75, 3.05) is 0 Å². The van der Waals surface area contributed by atoms with Gasteiger partial charge >= 0.3 is 0 Å². The van der Waals surface area contributed by atoms with E-state index < -0.39 is 0 Å². The normalized spacial score (nSPS) is 37.9. The summed E-state index contributed by atoms with van der Waals surface area (Å²) in [5.41, 5.74) is 1.12. The van der Waals surface area contributed by atoms with E-state index in [1.54, 1.807) is 13.2 Å². The SMILES string of the molecule is Cn1ncc(C23CC4CC(CC(C4)C2)C3)c(C#N)c1=O. The van der Waals surface area contributed by atoms with E-state index in [4.69, 9.17) is 0 Å². The van der Waals surface area contributed by atoms with Crippen LogP contribution in [-0.4, -0.2) is 9.78 Å². The second-order valence-corrected chi connectivity index (χ2v) is 7.17. The van der Waals surface area contributed by atoms with Crippen LogP contribution in [0.15, 0.2) is 11.0 Å². The smallest absolute Gasteiger partial charge is 0.266 e. The summed E-state index contributed by atoms with van der Waals surface area (Å²) in [7, 11) is 1.62. The van der Waals surface area contributed by atoms with E-state index in [-0.39, 0.29) is 11.0 Å². The third-order valence-electron chi connectivity index (χ3n) is 5.86. The molecule has 0 saturated heterocycles. The van der Waals surface area contributed by atoms with Gasteiger partial charge in [-0.2, -0.15) is 10.4 Å². The molecule has 4 fully saturated rings. The van der Waals surface area contributed by atoms with Crippen molar-refractivity contribution in [3.8, 4) is 6.07 Å². The van der Waals surface area contributed by atoms with Gasteiger partial charge in [0.25, 0.3) is 5.56 Å². The van der Waals surface area contributed by atoms with E-state index in [1.165, 1.54) is 23.9 Å². The van der Waals surface area contributed by atoms with Crippen molar-refractivity contribution < 1.29 is 0 Å². The number of nitrogens with zero attached hydrogens (tertiary/aromatic N) is 3. The van der Waals surface area contributed by atoms with Gasteiger partial charge in [-0.05, 0) is 61.7 Å². The quantitative estimate of drug-likeness (QED) is 0.784. The maximum Gasteiger partial charge on any atom is 0.284 e. The Bertz CT molecular complexity index is 632. The molecule has 0 aromatic carbocycles. The number of rotatable bonds is 1. The fraction of sp³-hybridized carbons (Fsp3) is 0.688. The molecule has 5 rings (SSSR count). The lowest BCUT2D eigenvalue weighted by molar-refractivity contribution is -0.00564. The second kappa shape index (κ2) is 3.94. The Kier molecular flexibility index (Phi) is 2.39. The van der Waals surface area contributed by atoms with Crippen LogP contribution in [0.4, 0.5) is 0 Å². The topological polar surface area (TPSA) is 58.7 Å². The highest BCUT2D eigenvalue weighted by atomic mass is 16.1. The monoisotopic (exact) mass is 269 g/mol. The molecule has 1 aromatic heterocycles. The summed E-state index contributed by atoms with van der Waals surface area (Å²) in [4.78, 5) is 12.2. The Morgan fingerprint density at radius 2 is 1.80 bits per heavy atom. The summed E-state index contributed by atoms with van der Waals surface area (Å²) in [6.45, 7) is 0. The maximum atomic E-state index is 12.2.